The molecule has 0 heteroatoms. The Labute approximate surface area is 272 Å². The van der Waals surface area contributed by atoms with E-state index in [1.165, 1.54) is 11.8 Å². The number of hydrogen-bond acceptors (Lipinski definition) is 0. The summed E-state index contributed by atoms with van der Waals surface area (Å²) in [7, 11) is 0. The summed E-state index contributed by atoms with van der Waals surface area (Å²) in [5, 5.41) is 0. The van der Waals surface area contributed by atoms with Gasteiger partial charge in [-0.15, -0.1) is 0 Å². The molecule has 0 aromatic carbocycles. The fraction of sp³-hybridized carbons (Fsp3) is 1.00. The lowest BCUT2D eigenvalue weighted by Gasteiger charge is -2.65. The zero-order valence-electron chi connectivity index (χ0n) is 28.8. The Morgan fingerprint density at radius 2 is 0.477 bits per heavy atom. The van der Waals surface area contributed by atoms with Gasteiger partial charge in [0.1, 0.15) is 0 Å². The van der Waals surface area contributed by atoms with E-state index in [-0.39, 0.29) is 0 Å². The van der Waals surface area contributed by atoms with Crippen molar-refractivity contribution in [3.63, 3.8) is 0 Å². The predicted octanol–water partition coefficient (Wildman–Crippen LogP) is 12.4. The standard InChI is InChI=1S/C44H70/c1-3-11-31-29(9-1)25-41(35-15-7-5-13-33(31)35)37-21-17-27-20-24-40-38(22-18-28-19-23-39(37)43(27)44(28)40)42-26-30-10-2-4-12-32(30)34-14-6-8-16-36(34)42/h27-44H,1-26H2. The highest BCUT2D eigenvalue weighted by Crippen LogP contribution is 2.68. The molecule has 0 radical (unpaired) electrons. The van der Waals surface area contributed by atoms with Gasteiger partial charge in [-0.3, -0.25) is 0 Å². The molecule has 0 saturated heterocycles. The van der Waals surface area contributed by atoms with Crippen molar-refractivity contribution in [1.82, 2.24) is 0 Å². The number of fused-ring (bicyclic) bond motifs is 6. The van der Waals surface area contributed by atoms with E-state index < -0.39 is 0 Å². The Hall–Kier alpha value is 0. The third kappa shape index (κ3) is 4.59. The van der Waals surface area contributed by atoms with Gasteiger partial charge in [-0.05, 0) is 209 Å². The fourth-order valence-electron chi connectivity index (χ4n) is 18.2. The summed E-state index contributed by atoms with van der Waals surface area (Å²) in [6.45, 7) is 0. The van der Waals surface area contributed by atoms with Gasteiger partial charge in [0, 0.05) is 0 Å². The fourth-order valence-corrected chi connectivity index (χ4v) is 18.2. The van der Waals surface area contributed by atoms with Crippen LogP contribution in [-0.2, 0) is 0 Å². The minimum absolute atomic E-state index is 1.14. The summed E-state index contributed by atoms with van der Waals surface area (Å²) in [4.78, 5) is 0. The highest BCUT2D eigenvalue weighted by Gasteiger charge is 2.60. The van der Waals surface area contributed by atoms with Gasteiger partial charge in [0.05, 0.1) is 0 Å². The van der Waals surface area contributed by atoms with Crippen LogP contribution in [0.2, 0.25) is 0 Å². The second-order valence-electron chi connectivity index (χ2n) is 20.1. The van der Waals surface area contributed by atoms with E-state index in [9.17, 15) is 0 Å². The molecule has 0 aliphatic heterocycles. The third-order valence-electron chi connectivity index (χ3n) is 19.2. The molecular formula is C44H70. The first-order valence-corrected chi connectivity index (χ1v) is 21.8. The third-order valence-corrected chi connectivity index (χ3v) is 19.2. The smallest absolute Gasteiger partial charge is 0.0321 e. The largest absolute Gasteiger partial charge is 0.0530 e. The zero-order chi connectivity index (χ0) is 28.8. The van der Waals surface area contributed by atoms with Crippen LogP contribution in [0.4, 0.5) is 0 Å². The molecule has 0 nitrogen and oxygen atoms in total. The van der Waals surface area contributed by atoms with Gasteiger partial charge < -0.3 is 0 Å². The Morgan fingerprint density at radius 3 is 0.886 bits per heavy atom. The van der Waals surface area contributed by atoms with Crippen LogP contribution in [0.5, 0.6) is 0 Å². The lowest BCUT2D eigenvalue weighted by atomic mass is 9.40. The number of rotatable bonds is 2. The van der Waals surface area contributed by atoms with Crippen molar-refractivity contribution in [2.75, 3.05) is 0 Å². The van der Waals surface area contributed by atoms with Crippen LogP contribution in [0.3, 0.4) is 0 Å². The van der Waals surface area contributed by atoms with Crippen molar-refractivity contribution >= 4 is 0 Å². The maximum absolute atomic E-state index is 1.69. The molecule has 44 heavy (non-hydrogen) atoms. The highest BCUT2D eigenvalue weighted by molar-refractivity contribution is 5.09. The Morgan fingerprint density at radius 1 is 0.182 bits per heavy atom. The lowest BCUT2D eigenvalue weighted by molar-refractivity contribution is -0.157. The van der Waals surface area contributed by atoms with Crippen molar-refractivity contribution in [2.45, 2.75) is 167 Å². The van der Waals surface area contributed by atoms with E-state index in [4.69, 9.17) is 0 Å². The first kappa shape index (κ1) is 29.0. The summed E-state index contributed by atoms with van der Waals surface area (Å²) >= 11 is 0. The predicted molar refractivity (Wildman–Crippen MR) is 183 cm³/mol. The van der Waals surface area contributed by atoms with Crippen molar-refractivity contribution in [2.24, 2.45) is 107 Å². The van der Waals surface area contributed by atoms with Crippen molar-refractivity contribution < 1.29 is 0 Å². The summed E-state index contributed by atoms with van der Waals surface area (Å²) in [6.07, 6.45) is 42.3. The summed E-state index contributed by atoms with van der Waals surface area (Å²) in [5.74, 6) is 20.7. The topological polar surface area (TPSA) is 0 Å². The monoisotopic (exact) mass is 599 g/mol. The van der Waals surface area contributed by atoms with E-state index >= 15 is 0 Å². The molecule has 0 aromatic heterocycles. The van der Waals surface area contributed by atoms with E-state index in [1.807, 2.05) is 0 Å². The van der Waals surface area contributed by atoms with Gasteiger partial charge in [0.15, 0.2) is 0 Å². The molecule has 0 N–H and O–H groups in total. The van der Waals surface area contributed by atoms with Crippen LogP contribution in [0, 0.1) is 107 Å². The van der Waals surface area contributed by atoms with E-state index in [2.05, 4.69) is 0 Å². The molecule has 10 fully saturated rings. The normalized spacial score (nSPS) is 58.4. The van der Waals surface area contributed by atoms with Crippen molar-refractivity contribution in [1.29, 1.82) is 0 Å². The molecular weight excluding hydrogens is 528 g/mol. The molecule has 10 aliphatic carbocycles. The van der Waals surface area contributed by atoms with Gasteiger partial charge in [-0.25, -0.2) is 0 Å². The Balaban J connectivity index is 0.935. The second-order valence-corrected chi connectivity index (χ2v) is 20.1. The Kier molecular flexibility index (Phi) is 7.80. The van der Waals surface area contributed by atoms with Crippen LogP contribution in [0.1, 0.15) is 167 Å². The van der Waals surface area contributed by atoms with Gasteiger partial charge in [-0.1, -0.05) is 64.2 Å². The average molecular weight is 599 g/mol. The maximum atomic E-state index is 1.69. The lowest BCUT2D eigenvalue weighted by Crippen LogP contribution is -2.57. The van der Waals surface area contributed by atoms with E-state index in [0.29, 0.717) is 0 Å². The molecule has 0 aromatic rings. The van der Waals surface area contributed by atoms with Gasteiger partial charge in [0.25, 0.3) is 0 Å². The van der Waals surface area contributed by atoms with Crippen LogP contribution < -0.4 is 0 Å². The molecule has 18 unspecified atom stereocenters. The molecule has 10 aliphatic rings. The number of hydrogen-bond donors (Lipinski definition) is 0. The van der Waals surface area contributed by atoms with Crippen molar-refractivity contribution in [3.8, 4) is 0 Å². The van der Waals surface area contributed by atoms with Gasteiger partial charge in [0.2, 0.25) is 0 Å². The van der Waals surface area contributed by atoms with Crippen LogP contribution in [0.25, 0.3) is 0 Å². The van der Waals surface area contributed by atoms with Crippen LogP contribution >= 0.6 is 0 Å². The molecule has 246 valence electrons. The molecule has 0 amide bonds. The van der Waals surface area contributed by atoms with Crippen LogP contribution in [0.15, 0.2) is 0 Å². The Bertz CT molecular complexity index is 932. The minimum Gasteiger partial charge on any atom is -0.0530 e. The van der Waals surface area contributed by atoms with Gasteiger partial charge >= 0.3 is 0 Å². The average Bonchev–Trinajstić information content (AvgIpc) is 3.10. The summed E-state index contributed by atoms with van der Waals surface area (Å²) in [5.41, 5.74) is 0. The maximum Gasteiger partial charge on any atom is -0.0321 e. The summed E-state index contributed by atoms with van der Waals surface area (Å²) in [6, 6.07) is 0. The molecule has 10 saturated carbocycles. The molecule has 10 rings (SSSR count). The van der Waals surface area contributed by atoms with E-state index in [1.54, 1.807) is 167 Å². The molecule has 0 heterocycles. The highest BCUT2D eigenvalue weighted by atomic mass is 14.6. The van der Waals surface area contributed by atoms with Crippen LogP contribution in [-0.4, -0.2) is 0 Å². The molecule has 0 spiro atoms. The van der Waals surface area contributed by atoms with Gasteiger partial charge in [-0.2, -0.15) is 0 Å². The molecule has 0 bridgehead atoms. The van der Waals surface area contributed by atoms with Crippen molar-refractivity contribution in [3.05, 3.63) is 0 Å². The minimum atomic E-state index is 1.14. The summed E-state index contributed by atoms with van der Waals surface area (Å²) < 4.78 is 0. The SMILES string of the molecule is C1CCC2C(C1)CC(C1CCC3CCC4C(C5CC6CCCCC6C6CCCCC65)CCC5CCC1C3C54)C1CCCCC21. The second kappa shape index (κ2) is 11.9. The molecule has 18 atom stereocenters. The first-order chi connectivity index (χ1) is 21.8. The quantitative estimate of drug-likeness (QED) is 0.296. The zero-order valence-corrected chi connectivity index (χ0v) is 28.8. The first-order valence-electron chi connectivity index (χ1n) is 21.8. The van der Waals surface area contributed by atoms with E-state index in [0.717, 1.165) is 94.7 Å².